The summed E-state index contributed by atoms with van der Waals surface area (Å²) >= 11 is 5.47. The molecule has 0 radical (unpaired) electrons. The van der Waals surface area contributed by atoms with E-state index in [0.29, 0.717) is 18.3 Å². The molecule has 1 aromatic heterocycles. The fourth-order valence-electron chi connectivity index (χ4n) is 1.50. The zero-order valence-corrected chi connectivity index (χ0v) is 15.8. The minimum Gasteiger partial charge on any atom is -0.406 e. The van der Waals surface area contributed by atoms with Crippen LogP contribution in [0.4, 0.5) is 0 Å². The SMILES string of the molecule is C=C(C)C(C)OP(=S)(OCC)Oc1cc(C)nc(C(C)C)n1. The first kappa shape index (κ1) is 19.2. The van der Waals surface area contributed by atoms with E-state index in [4.69, 9.17) is 25.4 Å². The lowest BCUT2D eigenvalue weighted by Crippen LogP contribution is -2.12. The summed E-state index contributed by atoms with van der Waals surface area (Å²) in [7, 11) is 0. The number of aryl methyl sites for hydroxylation is 1. The van der Waals surface area contributed by atoms with E-state index in [1.54, 1.807) is 6.07 Å². The molecule has 0 saturated heterocycles. The minimum atomic E-state index is -2.94. The minimum absolute atomic E-state index is 0.197. The zero-order chi connectivity index (χ0) is 16.9. The average Bonchev–Trinajstić information content (AvgIpc) is 2.37. The smallest absolute Gasteiger partial charge is 0.382 e. The summed E-state index contributed by atoms with van der Waals surface area (Å²) < 4.78 is 17.2. The third kappa shape index (κ3) is 5.76. The maximum atomic E-state index is 5.82. The summed E-state index contributed by atoms with van der Waals surface area (Å²) in [5.41, 5.74) is 1.68. The molecule has 0 bridgehead atoms. The second kappa shape index (κ2) is 8.16. The molecule has 0 aliphatic heterocycles. The van der Waals surface area contributed by atoms with Gasteiger partial charge in [0, 0.05) is 29.5 Å². The van der Waals surface area contributed by atoms with Crippen molar-refractivity contribution >= 4 is 18.5 Å². The van der Waals surface area contributed by atoms with Crippen molar-refractivity contribution in [2.24, 2.45) is 0 Å². The number of hydrogen-bond acceptors (Lipinski definition) is 6. The van der Waals surface area contributed by atoms with E-state index in [1.165, 1.54) is 0 Å². The molecule has 0 N–H and O–H groups in total. The first-order valence-electron chi connectivity index (χ1n) is 7.30. The van der Waals surface area contributed by atoms with Crippen LogP contribution in [0.1, 0.15) is 52.1 Å². The monoisotopic (exact) mass is 344 g/mol. The highest BCUT2D eigenvalue weighted by atomic mass is 32.5. The van der Waals surface area contributed by atoms with Crippen LogP contribution in [0.15, 0.2) is 18.2 Å². The Hall–Kier alpha value is -0.810. The van der Waals surface area contributed by atoms with Crippen molar-refractivity contribution in [1.82, 2.24) is 9.97 Å². The predicted octanol–water partition coefficient (Wildman–Crippen LogP) is 4.53. The molecule has 0 aromatic carbocycles. The van der Waals surface area contributed by atoms with Crippen molar-refractivity contribution in [3.8, 4) is 5.88 Å². The van der Waals surface area contributed by atoms with Gasteiger partial charge in [-0.05, 0) is 27.7 Å². The van der Waals surface area contributed by atoms with E-state index < -0.39 is 6.72 Å². The van der Waals surface area contributed by atoms with Gasteiger partial charge in [-0.25, -0.2) is 4.98 Å². The molecule has 1 rings (SSSR count). The number of rotatable bonds is 8. The lowest BCUT2D eigenvalue weighted by molar-refractivity contribution is 0.178. The van der Waals surface area contributed by atoms with E-state index in [0.717, 1.165) is 11.3 Å². The molecule has 0 saturated carbocycles. The van der Waals surface area contributed by atoms with E-state index in [9.17, 15) is 0 Å². The van der Waals surface area contributed by atoms with E-state index >= 15 is 0 Å². The second-order valence-corrected chi connectivity index (χ2v) is 8.30. The van der Waals surface area contributed by atoms with Crippen molar-refractivity contribution in [2.75, 3.05) is 6.61 Å². The van der Waals surface area contributed by atoms with Crippen LogP contribution in [0, 0.1) is 6.92 Å². The molecule has 2 atom stereocenters. The fourth-order valence-corrected chi connectivity index (χ4v) is 3.80. The molecule has 2 unspecified atom stereocenters. The van der Waals surface area contributed by atoms with Crippen LogP contribution in [0.5, 0.6) is 5.88 Å². The first-order valence-corrected chi connectivity index (χ1v) is 9.86. The largest absolute Gasteiger partial charge is 0.406 e. The van der Waals surface area contributed by atoms with Crippen molar-refractivity contribution in [3.05, 3.63) is 29.7 Å². The van der Waals surface area contributed by atoms with E-state index in [2.05, 4.69) is 16.5 Å². The van der Waals surface area contributed by atoms with Crippen LogP contribution < -0.4 is 4.52 Å². The Morgan fingerprint density at radius 2 is 2.00 bits per heavy atom. The molecule has 7 heteroatoms. The van der Waals surface area contributed by atoms with E-state index in [-0.39, 0.29) is 12.0 Å². The zero-order valence-electron chi connectivity index (χ0n) is 14.1. The molecular weight excluding hydrogens is 319 g/mol. The quantitative estimate of drug-likeness (QED) is 0.510. The van der Waals surface area contributed by atoms with Crippen LogP contribution in [0.2, 0.25) is 0 Å². The van der Waals surface area contributed by atoms with Crippen molar-refractivity contribution in [2.45, 2.75) is 53.6 Å². The normalized spacial score (nSPS) is 15.4. The highest BCUT2D eigenvalue weighted by Crippen LogP contribution is 2.51. The maximum Gasteiger partial charge on any atom is 0.382 e. The van der Waals surface area contributed by atoms with Gasteiger partial charge >= 0.3 is 6.72 Å². The van der Waals surface area contributed by atoms with Gasteiger partial charge in [0.25, 0.3) is 0 Å². The van der Waals surface area contributed by atoms with Crippen LogP contribution in [-0.2, 0) is 20.9 Å². The summed E-state index contributed by atoms with van der Waals surface area (Å²) in [5, 5.41) is 0. The molecule has 124 valence electrons. The van der Waals surface area contributed by atoms with Crippen molar-refractivity contribution in [3.63, 3.8) is 0 Å². The van der Waals surface area contributed by atoms with Crippen LogP contribution in [-0.4, -0.2) is 22.7 Å². The average molecular weight is 344 g/mol. The van der Waals surface area contributed by atoms with Crippen LogP contribution in [0.3, 0.4) is 0 Å². The van der Waals surface area contributed by atoms with Gasteiger partial charge in [0.1, 0.15) is 5.82 Å². The summed E-state index contributed by atoms with van der Waals surface area (Å²) in [6, 6.07) is 1.74. The number of aromatic nitrogens is 2. The molecule has 0 aliphatic rings. The van der Waals surface area contributed by atoms with E-state index in [1.807, 2.05) is 41.5 Å². The maximum absolute atomic E-state index is 5.82. The molecule has 0 spiro atoms. The summed E-state index contributed by atoms with van der Waals surface area (Å²) in [6.45, 7) is 12.9. The molecule has 22 heavy (non-hydrogen) atoms. The Kier molecular flexibility index (Phi) is 7.13. The van der Waals surface area contributed by atoms with Gasteiger partial charge in [-0.1, -0.05) is 26.0 Å². The standard InChI is InChI=1S/C15H25N2O3PS/c1-8-18-21(22,19-13(7)10(2)3)20-14-9-12(6)16-15(17-14)11(4)5/h9,11,13H,2,8H2,1,3-7H3. The van der Waals surface area contributed by atoms with Crippen molar-refractivity contribution < 1.29 is 13.6 Å². The lowest BCUT2D eigenvalue weighted by Gasteiger charge is -2.25. The van der Waals surface area contributed by atoms with Crippen LogP contribution >= 0.6 is 6.72 Å². The summed E-state index contributed by atoms with van der Waals surface area (Å²) in [6.07, 6.45) is -0.245. The third-order valence-electron chi connectivity index (χ3n) is 2.84. The molecule has 0 aliphatic carbocycles. The van der Waals surface area contributed by atoms with Gasteiger partial charge in [0.2, 0.25) is 5.88 Å². The Morgan fingerprint density at radius 1 is 1.36 bits per heavy atom. The Bertz CT molecular complexity index is 578. The van der Waals surface area contributed by atoms with Gasteiger partial charge < -0.3 is 4.52 Å². The Labute approximate surface area is 138 Å². The Balaban J connectivity index is 3.04. The molecule has 1 aromatic rings. The molecule has 5 nitrogen and oxygen atoms in total. The van der Waals surface area contributed by atoms with Crippen LogP contribution in [0.25, 0.3) is 0 Å². The number of hydrogen-bond donors (Lipinski definition) is 0. The Morgan fingerprint density at radius 3 is 2.50 bits per heavy atom. The molecular formula is C15H25N2O3PS. The molecule has 0 fully saturated rings. The van der Waals surface area contributed by atoms with Crippen molar-refractivity contribution in [1.29, 1.82) is 0 Å². The highest BCUT2D eigenvalue weighted by molar-refractivity contribution is 8.07. The molecule has 1 heterocycles. The topological polar surface area (TPSA) is 53.5 Å². The first-order chi connectivity index (χ1) is 10.2. The fraction of sp³-hybridized carbons (Fsp3) is 0.600. The van der Waals surface area contributed by atoms with Gasteiger partial charge in [0.05, 0.1) is 12.7 Å². The highest BCUT2D eigenvalue weighted by Gasteiger charge is 2.26. The van der Waals surface area contributed by atoms with Gasteiger partial charge in [0.15, 0.2) is 0 Å². The summed E-state index contributed by atoms with van der Waals surface area (Å²) in [5.74, 6) is 1.30. The van der Waals surface area contributed by atoms with Gasteiger partial charge in [-0.15, -0.1) is 0 Å². The summed E-state index contributed by atoms with van der Waals surface area (Å²) in [4.78, 5) is 8.79. The predicted molar refractivity (Wildman–Crippen MR) is 92.8 cm³/mol. The molecule has 0 amide bonds. The number of nitrogens with zero attached hydrogens (tertiary/aromatic N) is 2. The second-order valence-electron chi connectivity index (χ2n) is 5.41. The van der Waals surface area contributed by atoms with Gasteiger partial charge in [-0.2, -0.15) is 4.98 Å². The van der Waals surface area contributed by atoms with Gasteiger partial charge in [-0.3, -0.25) is 9.05 Å². The lowest BCUT2D eigenvalue weighted by atomic mass is 10.2. The third-order valence-corrected chi connectivity index (χ3v) is 5.20.